The zero-order chi connectivity index (χ0) is 7.98. The highest BCUT2D eigenvalue weighted by Crippen LogP contribution is 2.00. The summed E-state index contributed by atoms with van der Waals surface area (Å²) in [4.78, 5) is 2.10. The van der Waals surface area contributed by atoms with E-state index in [1.165, 1.54) is 5.57 Å². The molecule has 60 valence electrons. The number of aliphatic hydroxyl groups is 1. The number of rotatable bonds is 4. The molecule has 0 fully saturated rings. The predicted molar refractivity (Wildman–Crippen MR) is 44.0 cm³/mol. The molecule has 0 aliphatic heterocycles. The molecule has 0 rings (SSSR count). The molecule has 0 aliphatic rings. The fourth-order valence-electron chi connectivity index (χ4n) is 0.864. The normalized spacial score (nSPS) is 12.7. The molecule has 0 aliphatic carbocycles. The van der Waals surface area contributed by atoms with E-state index in [2.05, 4.69) is 11.0 Å². The molecule has 0 aromatic carbocycles. The van der Waals surface area contributed by atoms with Gasteiger partial charge in [-0.05, 0) is 27.4 Å². The first-order valence-electron chi connectivity index (χ1n) is 3.60. The van der Waals surface area contributed by atoms with E-state index in [4.69, 9.17) is 5.11 Å². The van der Waals surface area contributed by atoms with Gasteiger partial charge in [-0.2, -0.15) is 0 Å². The summed E-state index contributed by atoms with van der Waals surface area (Å²) < 4.78 is 0. The van der Waals surface area contributed by atoms with Gasteiger partial charge in [-0.3, -0.25) is 0 Å². The Bertz CT molecular complexity index is 108. The Hall–Kier alpha value is -0.340. The van der Waals surface area contributed by atoms with Gasteiger partial charge in [0, 0.05) is 13.2 Å². The molecule has 2 nitrogen and oxygen atoms in total. The minimum absolute atomic E-state index is 0.257. The SMILES string of the molecule is C/C=C(\CCO)CN(C)C. The second kappa shape index (κ2) is 5.45. The smallest absolute Gasteiger partial charge is 0.0468 e. The molecule has 0 spiro atoms. The van der Waals surface area contributed by atoms with Gasteiger partial charge in [0.25, 0.3) is 0 Å². The van der Waals surface area contributed by atoms with Gasteiger partial charge in [-0.25, -0.2) is 0 Å². The average molecular weight is 143 g/mol. The molecule has 0 radical (unpaired) electrons. The summed E-state index contributed by atoms with van der Waals surface area (Å²) in [6, 6.07) is 0. The molecule has 0 aromatic heterocycles. The number of hydrogen-bond acceptors (Lipinski definition) is 2. The van der Waals surface area contributed by atoms with Crippen LogP contribution in [0.1, 0.15) is 13.3 Å². The standard InChI is InChI=1S/C8H17NO/c1-4-8(5-6-10)7-9(2)3/h4,10H,5-7H2,1-3H3/b8-4+. The van der Waals surface area contributed by atoms with Crippen molar-refractivity contribution >= 4 is 0 Å². The van der Waals surface area contributed by atoms with Crippen LogP contribution in [0.2, 0.25) is 0 Å². The monoisotopic (exact) mass is 143 g/mol. The Labute approximate surface area is 63.2 Å². The van der Waals surface area contributed by atoms with Gasteiger partial charge in [0.2, 0.25) is 0 Å². The number of hydrogen-bond donors (Lipinski definition) is 1. The van der Waals surface area contributed by atoms with Crippen molar-refractivity contribution in [2.24, 2.45) is 0 Å². The summed E-state index contributed by atoms with van der Waals surface area (Å²) >= 11 is 0. The van der Waals surface area contributed by atoms with Crippen molar-refractivity contribution < 1.29 is 5.11 Å². The van der Waals surface area contributed by atoms with Crippen molar-refractivity contribution in [1.82, 2.24) is 4.90 Å². The van der Waals surface area contributed by atoms with Gasteiger partial charge < -0.3 is 10.0 Å². The Morgan fingerprint density at radius 3 is 2.40 bits per heavy atom. The zero-order valence-electron chi connectivity index (χ0n) is 7.09. The van der Waals surface area contributed by atoms with Gasteiger partial charge in [-0.15, -0.1) is 0 Å². The maximum Gasteiger partial charge on any atom is 0.0468 e. The molecular formula is C8H17NO. The topological polar surface area (TPSA) is 23.5 Å². The largest absolute Gasteiger partial charge is 0.396 e. The van der Waals surface area contributed by atoms with Crippen molar-refractivity contribution in [3.05, 3.63) is 11.6 Å². The third kappa shape index (κ3) is 4.53. The molecule has 0 aromatic rings. The van der Waals surface area contributed by atoms with Gasteiger partial charge >= 0.3 is 0 Å². The minimum atomic E-state index is 0.257. The Balaban J connectivity index is 3.62. The number of aliphatic hydroxyl groups excluding tert-OH is 1. The van der Waals surface area contributed by atoms with Crippen molar-refractivity contribution in [3.8, 4) is 0 Å². The average Bonchev–Trinajstić information content (AvgIpc) is 1.86. The first-order valence-corrected chi connectivity index (χ1v) is 3.60. The predicted octanol–water partition coefficient (Wildman–Crippen LogP) is 0.877. The van der Waals surface area contributed by atoms with E-state index < -0.39 is 0 Å². The van der Waals surface area contributed by atoms with Crippen LogP contribution in [0.4, 0.5) is 0 Å². The highest BCUT2D eigenvalue weighted by Gasteiger charge is 1.95. The van der Waals surface area contributed by atoms with Gasteiger partial charge in [0.15, 0.2) is 0 Å². The highest BCUT2D eigenvalue weighted by molar-refractivity contribution is 5.02. The molecule has 0 unspecified atom stereocenters. The molecule has 0 saturated carbocycles. The lowest BCUT2D eigenvalue weighted by molar-refractivity contribution is 0.294. The van der Waals surface area contributed by atoms with Crippen LogP contribution in [-0.2, 0) is 0 Å². The van der Waals surface area contributed by atoms with E-state index in [-0.39, 0.29) is 6.61 Å². The van der Waals surface area contributed by atoms with Gasteiger partial charge in [-0.1, -0.05) is 11.6 Å². The molecule has 0 heterocycles. The summed E-state index contributed by atoms with van der Waals surface area (Å²) in [5.74, 6) is 0. The third-order valence-corrected chi connectivity index (χ3v) is 1.36. The van der Waals surface area contributed by atoms with Crippen LogP contribution in [0.5, 0.6) is 0 Å². The van der Waals surface area contributed by atoms with E-state index in [1.807, 2.05) is 21.0 Å². The summed E-state index contributed by atoms with van der Waals surface area (Å²) in [5.41, 5.74) is 1.30. The van der Waals surface area contributed by atoms with E-state index in [1.54, 1.807) is 0 Å². The summed E-state index contributed by atoms with van der Waals surface area (Å²) in [5, 5.41) is 8.62. The summed E-state index contributed by atoms with van der Waals surface area (Å²) in [6.07, 6.45) is 2.87. The molecular weight excluding hydrogens is 126 g/mol. The molecule has 1 N–H and O–H groups in total. The first kappa shape index (κ1) is 9.66. The van der Waals surface area contributed by atoms with E-state index in [0.29, 0.717) is 0 Å². The first-order chi connectivity index (χ1) is 4.70. The second-order valence-electron chi connectivity index (χ2n) is 2.66. The van der Waals surface area contributed by atoms with E-state index in [0.717, 1.165) is 13.0 Å². The maximum atomic E-state index is 8.62. The Morgan fingerprint density at radius 2 is 2.10 bits per heavy atom. The van der Waals surface area contributed by atoms with Crippen LogP contribution in [0.15, 0.2) is 11.6 Å². The van der Waals surface area contributed by atoms with Crippen LogP contribution >= 0.6 is 0 Å². The lowest BCUT2D eigenvalue weighted by Gasteiger charge is -2.11. The van der Waals surface area contributed by atoms with Crippen LogP contribution in [-0.4, -0.2) is 37.3 Å². The van der Waals surface area contributed by atoms with Crippen molar-refractivity contribution in [3.63, 3.8) is 0 Å². The molecule has 0 bridgehead atoms. The Morgan fingerprint density at radius 1 is 1.50 bits per heavy atom. The molecule has 10 heavy (non-hydrogen) atoms. The Kier molecular flexibility index (Phi) is 5.26. The zero-order valence-corrected chi connectivity index (χ0v) is 7.09. The molecule has 2 heteroatoms. The van der Waals surface area contributed by atoms with Crippen LogP contribution in [0, 0.1) is 0 Å². The summed E-state index contributed by atoms with van der Waals surface area (Å²) in [7, 11) is 4.06. The quantitative estimate of drug-likeness (QED) is 0.590. The second-order valence-corrected chi connectivity index (χ2v) is 2.66. The number of nitrogens with zero attached hydrogens (tertiary/aromatic N) is 1. The maximum absolute atomic E-state index is 8.62. The lowest BCUT2D eigenvalue weighted by atomic mass is 10.2. The van der Waals surface area contributed by atoms with Crippen LogP contribution in [0.25, 0.3) is 0 Å². The highest BCUT2D eigenvalue weighted by atomic mass is 16.2. The molecule has 0 atom stereocenters. The van der Waals surface area contributed by atoms with Crippen LogP contribution < -0.4 is 0 Å². The lowest BCUT2D eigenvalue weighted by Crippen LogP contribution is -2.15. The fourth-order valence-corrected chi connectivity index (χ4v) is 0.864. The van der Waals surface area contributed by atoms with Crippen molar-refractivity contribution in [2.75, 3.05) is 27.2 Å². The number of likely N-dealkylation sites (N-methyl/N-ethyl adjacent to an activating group) is 1. The summed E-state index contributed by atoms with van der Waals surface area (Å²) in [6.45, 7) is 3.22. The van der Waals surface area contributed by atoms with Crippen LogP contribution in [0.3, 0.4) is 0 Å². The van der Waals surface area contributed by atoms with Gasteiger partial charge in [0.1, 0.15) is 0 Å². The van der Waals surface area contributed by atoms with Gasteiger partial charge in [0.05, 0.1) is 0 Å². The third-order valence-electron chi connectivity index (χ3n) is 1.36. The van der Waals surface area contributed by atoms with E-state index >= 15 is 0 Å². The van der Waals surface area contributed by atoms with Crippen molar-refractivity contribution in [1.29, 1.82) is 0 Å². The minimum Gasteiger partial charge on any atom is -0.396 e. The number of allylic oxidation sites excluding steroid dienone is 1. The molecule has 0 saturated heterocycles. The van der Waals surface area contributed by atoms with Crippen molar-refractivity contribution in [2.45, 2.75) is 13.3 Å². The fraction of sp³-hybridized carbons (Fsp3) is 0.750. The van der Waals surface area contributed by atoms with E-state index in [9.17, 15) is 0 Å². The molecule has 0 amide bonds.